The Hall–Kier alpha value is -3.34. The van der Waals surface area contributed by atoms with Gasteiger partial charge in [0, 0.05) is 30.5 Å². The number of para-hydroxylation sites is 1. The van der Waals surface area contributed by atoms with Gasteiger partial charge < -0.3 is 15.0 Å². The molecule has 0 aliphatic heterocycles. The molecule has 0 bridgehead atoms. The topological polar surface area (TPSA) is 54.5 Å². The van der Waals surface area contributed by atoms with Crippen LogP contribution in [0.25, 0.3) is 0 Å². The molecule has 1 heterocycles. The number of aromatic nitrogens is 1. The van der Waals surface area contributed by atoms with Gasteiger partial charge in [-0.15, -0.1) is 0 Å². The van der Waals surface area contributed by atoms with E-state index in [0.717, 1.165) is 29.4 Å². The molecule has 1 aromatic heterocycles. The predicted molar refractivity (Wildman–Crippen MR) is 117 cm³/mol. The van der Waals surface area contributed by atoms with Gasteiger partial charge in [-0.25, -0.2) is 4.98 Å². The van der Waals surface area contributed by atoms with E-state index in [-0.39, 0.29) is 5.91 Å². The smallest absolute Gasteiger partial charge is 0.251 e. The highest BCUT2D eigenvalue weighted by Crippen LogP contribution is 2.24. The monoisotopic (exact) mass is 389 g/mol. The fraction of sp³-hybridized carbons (Fsp3) is 0.250. The number of carbonyl (C=O) groups excluding carboxylic acids is 1. The molecule has 0 saturated carbocycles. The van der Waals surface area contributed by atoms with Gasteiger partial charge in [0.15, 0.2) is 0 Å². The maximum atomic E-state index is 12.7. The molecule has 0 saturated heterocycles. The van der Waals surface area contributed by atoms with Gasteiger partial charge in [-0.1, -0.05) is 30.3 Å². The molecule has 29 heavy (non-hydrogen) atoms. The fourth-order valence-electron chi connectivity index (χ4n) is 3.30. The summed E-state index contributed by atoms with van der Waals surface area (Å²) in [6.07, 6.45) is 2.39. The quantitative estimate of drug-likeness (QED) is 0.615. The molecule has 1 N–H and O–H groups in total. The molecule has 2 aromatic carbocycles. The van der Waals surface area contributed by atoms with Gasteiger partial charge in [-0.05, 0) is 61.7 Å². The largest absolute Gasteiger partial charge is 0.496 e. The van der Waals surface area contributed by atoms with E-state index < -0.39 is 0 Å². The van der Waals surface area contributed by atoms with Gasteiger partial charge in [0.05, 0.1) is 7.11 Å². The third-order valence-corrected chi connectivity index (χ3v) is 4.79. The average molecular weight is 389 g/mol. The summed E-state index contributed by atoms with van der Waals surface area (Å²) in [5, 5.41) is 2.99. The zero-order valence-electron chi connectivity index (χ0n) is 17.2. The Balaban J connectivity index is 1.69. The number of methoxy groups -OCH3 is 1. The molecular weight excluding hydrogens is 362 g/mol. The number of hydrogen-bond acceptors (Lipinski definition) is 4. The highest BCUT2D eigenvalue weighted by atomic mass is 16.5. The van der Waals surface area contributed by atoms with Crippen LogP contribution in [0.5, 0.6) is 5.75 Å². The number of pyridine rings is 1. The fourth-order valence-corrected chi connectivity index (χ4v) is 3.30. The Kier molecular flexibility index (Phi) is 6.85. The Bertz CT molecular complexity index is 972. The van der Waals surface area contributed by atoms with Crippen molar-refractivity contribution in [3.63, 3.8) is 0 Å². The number of nitrogens with one attached hydrogen (secondary N) is 1. The summed E-state index contributed by atoms with van der Waals surface area (Å²) < 4.78 is 5.37. The second-order valence-corrected chi connectivity index (χ2v) is 6.80. The first-order valence-electron chi connectivity index (χ1n) is 9.82. The van der Waals surface area contributed by atoms with Gasteiger partial charge in [0.1, 0.15) is 11.6 Å². The maximum Gasteiger partial charge on any atom is 0.251 e. The van der Waals surface area contributed by atoms with Gasteiger partial charge in [-0.3, -0.25) is 4.79 Å². The van der Waals surface area contributed by atoms with Gasteiger partial charge >= 0.3 is 0 Å². The van der Waals surface area contributed by atoms with Crippen molar-refractivity contribution in [2.24, 2.45) is 0 Å². The summed E-state index contributed by atoms with van der Waals surface area (Å²) in [4.78, 5) is 19.2. The lowest BCUT2D eigenvalue weighted by atomic mass is 10.1. The maximum absolute atomic E-state index is 12.7. The first kappa shape index (κ1) is 20.4. The van der Waals surface area contributed by atoms with Crippen LogP contribution in [0.15, 0.2) is 66.9 Å². The van der Waals surface area contributed by atoms with Crippen LogP contribution in [-0.4, -0.2) is 31.1 Å². The van der Waals surface area contributed by atoms with E-state index >= 15 is 0 Å². The van der Waals surface area contributed by atoms with Crippen molar-refractivity contribution in [1.82, 2.24) is 10.3 Å². The molecule has 150 valence electrons. The van der Waals surface area contributed by atoms with Crippen molar-refractivity contribution in [2.75, 3.05) is 25.1 Å². The number of amides is 1. The third-order valence-electron chi connectivity index (χ3n) is 4.79. The Labute approximate surface area is 172 Å². The molecule has 0 fully saturated rings. The van der Waals surface area contributed by atoms with Crippen molar-refractivity contribution in [2.45, 2.75) is 20.3 Å². The number of aryl methyl sites for hydroxylation is 1. The van der Waals surface area contributed by atoms with Crippen molar-refractivity contribution in [3.8, 4) is 5.75 Å². The summed E-state index contributed by atoms with van der Waals surface area (Å²) >= 11 is 0. The zero-order chi connectivity index (χ0) is 20.6. The number of anilines is 2. The molecule has 5 heteroatoms. The molecule has 0 radical (unpaired) electrons. The normalized spacial score (nSPS) is 10.4. The molecular formula is C24H27N3O2. The summed E-state index contributed by atoms with van der Waals surface area (Å²) in [5.74, 6) is 1.49. The van der Waals surface area contributed by atoms with Crippen molar-refractivity contribution in [1.29, 1.82) is 0 Å². The number of hydrogen-bond donors (Lipinski definition) is 1. The lowest BCUT2D eigenvalue weighted by Crippen LogP contribution is -2.26. The summed E-state index contributed by atoms with van der Waals surface area (Å²) in [6.45, 7) is 5.43. The molecule has 1 amide bonds. The molecule has 0 atom stereocenters. The Morgan fingerprint density at radius 2 is 1.93 bits per heavy atom. The summed E-state index contributed by atoms with van der Waals surface area (Å²) in [6, 6.07) is 19.7. The van der Waals surface area contributed by atoms with Crippen LogP contribution >= 0.6 is 0 Å². The highest BCUT2D eigenvalue weighted by Gasteiger charge is 2.13. The number of ether oxygens (including phenoxy) is 1. The van der Waals surface area contributed by atoms with E-state index in [1.54, 1.807) is 19.4 Å². The Morgan fingerprint density at radius 1 is 1.10 bits per heavy atom. The molecule has 3 rings (SSSR count). The van der Waals surface area contributed by atoms with E-state index in [2.05, 4.69) is 47.2 Å². The standard InChI is InChI=1S/C24H27N3O2/c1-4-27(21-10-7-8-18(2)16-21)23-17-20(13-14-25-23)24(28)26-15-12-19-9-5-6-11-22(19)29-3/h5-11,13-14,16-17H,4,12,15H2,1-3H3,(H,26,28). The minimum Gasteiger partial charge on any atom is -0.496 e. The van der Waals surface area contributed by atoms with Crippen LogP contribution in [-0.2, 0) is 6.42 Å². The predicted octanol–water partition coefficient (Wildman–Crippen LogP) is 4.53. The van der Waals surface area contributed by atoms with E-state index in [0.29, 0.717) is 18.5 Å². The van der Waals surface area contributed by atoms with Crippen LogP contribution in [0.3, 0.4) is 0 Å². The first-order chi connectivity index (χ1) is 14.1. The molecule has 0 spiro atoms. The summed E-state index contributed by atoms with van der Waals surface area (Å²) in [7, 11) is 1.66. The highest BCUT2D eigenvalue weighted by molar-refractivity contribution is 5.95. The van der Waals surface area contributed by atoms with Crippen LogP contribution in [0, 0.1) is 6.92 Å². The second-order valence-electron chi connectivity index (χ2n) is 6.80. The molecule has 5 nitrogen and oxygen atoms in total. The molecule has 0 aliphatic carbocycles. The number of carbonyl (C=O) groups is 1. The van der Waals surface area contributed by atoms with Crippen molar-refractivity contribution >= 4 is 17.4 Å². The molecule has 0 unspecified atom stereocenters. The third kappa shape index (κ3) is 5.13. The van der Waals surface area contributed by atoms with Crippen molar-refractivity contribution < 1.29 is 9.53 Å². The van der Waals surface area contributed by atoms with Crippen molar-refractivity contribution in [3.05, 3.63) is 83.6 Å². The lowest BCUT2D eigenvalue weighted by molar-refractivity contribution is 0.0954. The minimum absolute atomic E-state index is 0.108. The van der Waals surface area contributed by atoms with Crippen LogP contribution in [0.4, 0.5) is 11.5 Å². The number of nitrogens with zero attached hydrogens (tertiary/aromatic N) is 2. The average Bonchev–Trinajstić information content (AvgIpc) is 2.75. The SMILES string of the molecule is CCN(c1cccc(C)c1)c1cc(C(=O)NCCc2ccccc2OC)ccn1. The van der Waals surface area contributed by atoms with E-state index in [9.17, 15) is 4.79 Å². The van der Waals surface area contributed by atoms with Gasteiger partial charge in [-0.2, -0.15) is 0 Å². The lowest BCUT2D eigenvalue weighted by Gasteiger charge is -2.23. The summed E-state index contributed by atoms with van der Waals surface area (Å²) in [5.41, 5.74) is 3.92. The minimum atomic E-state index is -0.108. The van der Waals surface area contributed by atoms with Crippen LogP contribution < -0.4 is 15.0 Å². The first-order valence-corrected chi connectivity index (χ1v) is 9.82. The Morgan fingerprint density at radius 3 is 2.69 bits per heavy atom. The second kappa shape index (κ2) is 9.73. The van der Waals surface area contributed by atoms with E-state index in [4.69, 9.17) is 4.74 Å². The van der Waals surface area contributed by atoms with Gasteiger partial charge in [0.2, 0.25) is 0 Å². The molecule has 0 aliphatic rings. The molecule has 3 aromatic rings. The van der Waals surface area contributed by atoms with Gasteiger partial charge in [0.25, 0.3) is 5.91 Å². The number of benzene rings is 2. The number of rotatable bonds is 8. The van der Waals surface area contributed by atoms with E-state index in [1.807, 2.05) is 36.4 Å². The van der Waals surface area contributed by atoms with Crippen LogP contribution in [0.1, 0.15) is 28.4 Å². The zero-order valence-corrected chi connectivity index (χ0v) is 17.2. The van der Waals surface area contributed by atoms with Crippen LogP contribution in [0.2, 0.25) is 0 Å². The van der Waals surface area contributed by atoms with E-state index in [1.165, 1.54) is 5.56 Å².